The molecule has 1 N–H and O–H groups in total. The van der Waals surface area contributed by atoms with Crippen LogP contribution in [0.15, 0.2) is 40.1 Å². The summed E-state index contributed by atoms with van der Waals surface area (Å²) in [5.74, 6) is -1.75. The first kappa shape index (κ1) is 13.9. The van der Waals surface area contributed by atoms with Crippen LogP contribution < -0.4 is 11.2 Å². The van der Waals surface area contributed by atoms with E-state index < -0.39 is 22.9 Å². The van der Waals surface area contributed by atoms with Crippen molar-refractivity contribution in [2.24, 2.45) is 7.05 Å². The van der Waals surface area contributed by atoms with Crippen LogP contribution in [0.1, 0.15) is 0 Å². The van der Waals surface area contributed by atoms with Crippen molar-refractivity contribution in [2.45, 2.75) is 0 Å². The van der Waals surface area contributed by atoms with Gasteiger partial charge < -0.3 is 0 Å². The molecule has 0 aliphatic carbocycles. The number of hydrogen-bond acceptors (Lipinski definition) is 4. The Balaban J connectivity index is 2.33. The van der Waals surface area contributed by atoms with Crippen LogP contribution in [0, 0.1) is 11.6 Å². The number of H-pyrrole nitrogens is 1. The molecule has 1 aromatic carbocycles. The highest BCUT2D eigenvalue weighted by Crippen LogP contribution is 2.13. The van der Waals surface area contributed by atoms with Gasteiger partial charge in [0.2, 0.25) is 0 Å². The Morgan fingerprint density at radius 2 is 1.95 bits per heavy atom. The van der Waals surface area contributed by atoms with Crippen LogP contribution >= 0.6 is 0 Å². The SMILES string of the molecule is Cn1c(=O)c(-c2ccn[nH]2)nn(-c2ccc(F)cc2F)c1=O. The van der Waals surface area contributed by atoms with E-state index in [4.69, 9.17) is 0 Å². The number of aromatic amines is 1. The molecular formula is C13H9F2N5O2. The standard InChI is InChI=1S/C13H9F2N5O2/c1-19-12(21)11(9-4-5-16-17-9)18-20(13(19)22)10-3-2-7(14)6-8(10)15/h2-6H,1H3,(H,16,17). The first-order valence-corrected chi connectivity index (χ1v) is 6.14. The van der Waals surface area contributed by atoms with Crippen molar-refractivity contribution < 1.29 is 8.78 Å². The van der Waals surface area contributed by atoms with Crippen molar-refractivity contribution in [1.82, 2.24) is 24.5 Å². The lowest BCUT2D eigenvalue weighted by Gasteiger charge is -2.09. The molecule has 0 fully saturated rings. The highest BCUT2D eigenvalue weighted by Gasteiger charge is 2.17. The minimum atomic E-state index is -0.969. The van der Waals surface area contributed by atoms with Crippen molar-refractivity contribution in [3.63, 3.8) is 0 Å². The maximum Gasteiger partial charge on any atom is 0.352 e. The molecule has 0 bridgehead atoms. The summed E-state index contributed by atoms with van der Waals surface area (Å²) in [6.07, 6.45) is 1.41. The summed E-state index contributed by atoms with van der Waals surface area (Å²) in [6, 6.07) is 4.18. The molecule has 0 spiro atoms. The summed E-state index contributed by atoms with van der Waals surface area (Å²) < 4.78 is 28.4. The van der Waals surface area contributed by atoms with Crippen molar-refractivity contribution in [3.8, 4) is 17.1 Å². The minimum Gasteiger partial charge on any atom is -0.276 e. The number of benzene rings is 1. The molecule has 2 aromatic heterocycles. The molecule has 0 aliphatic heterocycles. The van der Waals surface area contributed by atoms with Gasteiger partial charge in [-0.3, -0.25) is 14.5 Å². The number of nitrogens with one attached hydrogen (secondary N) is 1. The molecule has 0 radical (unpaired) electrons. The van der Waals surface area contributed by atoms with Crippen molar-refractivity contribution >= 4 is 0 Å². The monoisotopic (exact) mass is 305 g/mol. The van der Waals surface area contributed by atoms with E-state index in [9.17, 15) is 18.4 Å². The Bertz CT molecular complexity index is 960. The van der Waals surface area contributed by atoms with E-state index in [0.717, 1.165) is 16.7 Å². The van der Waals surface area contributed by atoms with E-state index in [2.05, 4.69) is 15.3 Å². The van der Waals surface area contributed by atoms with Gasteiger partial charge >= 0.3 is 5.69 Å². The summed E-state index contributed by atoms with van der Waals surface area (Å²) in [5, 5.41) is 10.1. The van der Waals surface area contributed by atoms with Crippen molar-refractivity contribution in [1.29, 1.82) is 0 Å². The van der Waals surface area contributed by atoms with Gasteiger partial charge in [0.15, 0.2) is 11.5 Å². The molecule has 9 heteroatoms. The Kier molecular flexibility index (Phi) is 3.17. The quantitative estimate of drug-likeness (QED) is 0.751. The summed E-state index contributed by atoms with van der Waals surface area (Å²) in [6.45, 7) is 0. The van der Waals surface area contributed by atoms with Crippen molar-refractivity contribution in [2.75, 3.05) is 0 Å². The molecule has 0 unspecified atom stereocenters. The third-order valence-electron chi connectivity index (χ3n) is 3.07. The fourth-order valence-electron chi connectivity index (χ4n) is 1.94. The van der Waals surface area contributed by atoms with Crippen LogP contribution in [-0.2, 0) is 7.05 Å². The molecule has 3 aromatic rings. The van der Waals surface area contributed by atoms with Gasteiger partial charge in [-0.15, -0.1) is 0 Å². The second-order valence-corrected chi connectivity index (χ2v) is 4.47. The second-order valence-electron chi connectivity index (χ2n) is 4.47. The van der Waals surface area contributed by atoms with Crippen LogP contribution in [0.2, 0.25) is 0 Å². The summed E-state index contributed by atoms with van der Waals surface area (Å²) in [7, 11) is 1.24. The smallest absolute Gasteiger partial charge is 0.276 e. The number of aromatic nitrogens is 5. The summed E-state index contributed by atoms with van der Waals surface area (Å²) in [4.78, 5) is 24.2. The van der Waals surface area contributed by atoms with E-state index in [1.165, 1.54) is 19.3 Å². The summed E-state index contributed by atoms with van der Waals surface area (Å²) >= 11 is 0. The predicted octanol–water partition coefficient (Wildman–Crippen LogP) is 0.599. The molecule has 22 heavy (non-hydrogen) atoms. The molecule has 7 nitrogen and oxygen atoms in total. The van der Waals surface area contributed by atoms with Gasteiger partial charge in [0.05, 0.1) is 5.69 Å². The van der Waals surface area contributed by atoms with E-state index >= 15 is 0 Å². The molecule has 0 saturated heterocycles. The maximum atomic E-state index is 13.9. The van der Waals surface area contributed by atoms with Crippen LogP contribution in [0.4, 0.5) is 8.78 Å². The molecule has 0 aliphatic rings. The van der Waals surface area contributed by atoms with Crippen molar-refractivity contribution in [3.05, 3.63) is 62.9 Å². The number of halogens is 2. The van der Waals surface area contributed by atoms with Gasteiger partial charge in [0, 0.05) is 19.3 Å². The molecule has 0 atom stereocenters. The van der Waals surface area contributed by atoms with Gasteiger partial charge in [0.25, 0.3) is 5.56 Å². The fourth-order valence-corrected chi connectivity index (χ4v) is 1.94. The first-order chi connectivity index (χ1) is 10.5. The normalized spacial score (nSPS) is 10.9. The van der Waals surface area contributed by atoms with E-state index in [1.54, 1.807) is 0 Å². The average Bonchev–Trinajstić information content (AvgIpc) is 3.00. The lowest BCUT2D eigenvalue weighted by molar-refractivity contribution is 0.561. The molecule has 0 saturated carbocycles. The molecule has 112 valence electrons. The molecule has 3 rings (SSSR count). The first-order valence-electron chi connectivity index (χ1n) is 6.14. The third-order valence-corrected chi connectivity index (χ3v) is 3.07. The van der Waals surface area contributed by atoms with Gasteiger partial charge in [-0.1, -0.05) is 0 Å². The lowest BCUT2D eigenvalue weighted by atomic mass is 10.3. The lowest BCUT2D eigenvalue weighted by Crippen LogP contribution is -2.40. The third kappa shape index (κ3) is 2.12. The molecule has 0 amide bonds. The van der Waals surface area contributed by atoms with Crippen LogP contribution in [0.5, 0.6) is 0 Å². The molecular weight excluding hydrogens is 296 g/mol. The zero-order chi connectivity index (χ0) is 15.9. The Morgan fingerprint density at radius 3 is 2.59 bits per heavy atom. The number of hydrogen-bond donors (Lipinski definition) is 1. The second kappa shape index (κ2) is 5.02. The van der Waals surface area contributed by atoms with Gasteiger partial charge in [-0.25, -0.2) is 13.6 Å². The fraction of sp³-hybridized carbons (Fsp3) is 0.0769. The minimum absolute atomic E-state index is 0.108. The molecule has 2 heterocycles. The topological polar surface area (TPSA) is 85.6 Å². The zero-order valence-electron chi connectivity index (χ0n) is 11.2. The number of rotatable bonds is 2. The maximum absolute atomic E-state index is 13.9. The Labute approximate surface area is 121 Å². The average molecular weight is 305 g/mol. The largest absolute Gasteiger partial charge is 0.352 e. The predicted molar refractivity (Wildman–Crippen MR) is 72.6 cm³/mol. The number of nitrogens with zero attached hydrogens (tertiary/aromatic N) is 4. The Hall–Kier alpha value is -3.10. The Morgan fingerprint density at radius 1 is 1.18 bits per heavy atom. The van der Waals surface area contributed by atoms with Crippen LogP contribution in [0.25, 0.3) is 17.1 Å². The highest BCUT2D eigenvalue weighted by atomic mass is 19.1. The summed E-state index contributed by atoms with van der Waals surface area (Å²) in [5.41, 5.74) is -1.60. The van der Waals surface area contributed by atoms with E-state index in [-0.39, 0.29) is 17.1 Å². The van der Waals surface area contributed by atoms with Crippen LogP contribution in [0.3, 0.4) is 0 Å². The van der Waals surface area contributed by atoms with E-state index in [0.29, 0.717) is 10.7 Å². The highest BCUT2D eigenvalue weighted by molar-refractivity contribution is 5.51. The van der Waals surface area contributed by atoms with Crippen LogP contribution in [-0.4, -0.2) is 24.5 Å². The van der Waals surface area contributed by atoms with Gasteiger partial charge in [-0.05, 0) is 18.2 Å². The zero-order valence-corrected chi connectivity index (χ0v) is 11.2. The van der Waals surface area contributed by atoms with Gasteiger partial charge in [-0.2, -0.15) is 14.9 Å². The van der Waals surface area contributed by atoms with Gasteiger partial charge in [0.1, 0.15) is 11.5 Å². The van der Waals surface area contributed by atoms with E-state index in [1.807, 2.05) is 0 Å².